The second-order valence-corrected chi connectivity index (χ2v) is 0.848. The third-order valence-electron chi connectivity index (χ3n) is 0. The minimum absolute atomic E-state index is 0. The van der Waals surface area contributed by atoms with Crippen molar-refractivity contribution in [2.75, 3.05) is 0 Å². The van der Waals surface area contributed by atoms with Gasteiger partial charge >= 0.3 is 36.5 Å². The van der Waals surface area contributed by atoms with E-state index in [1.54, 1.807) is 0 Å². The molecule has 0 aliphatic heterocycles. The van der Waals surface area contributed by atoms with E-state index in [1.165, 1.54) is 0 Å². The molecular weight excluding hydrogens is 395 g/mol. The van der Waals surface area contributed by atoms with Crippen molar-refractivity contribution in [2.45, 2.75) is 0 Å². The Morgan fingerprint density at radius 3 is 0.900 bits per heavy atom. The smallest absolute Gasteiger partial charge is 0 e. The monoisotopic (exact) mass is 408 g/mol. The standard InChI is InChI=1S/H2O3Si.4H2O.Pb.Ti.2H/c1-4(2)3;;;;;;;;/h1-2H;4*1H2;;;;. The van der Waals surface area contributed by atoms with Crippen molar-refractivity contribution in [2.24, 2.45) is 0 Å². The van der Waals surface area contributed by atoms with Gasteiger partial charge in [-0.2, -0.15) is 0 Å². The molecule has 0 aromatic rings. The molecule has 0 amide bonds. The summed E-state index contributed by atoms with van der Waals surface area (Å²) in [6.45, 7) is 0. The van der Waals surface area contributed by atoms with E-state index in [4.69, 9.17) is 14.1 Å². The first kappa shape index (κ1) is 67.5. The largest absolute Gasteiger partial charge is 0 e. The summed E-state index contributed by atoms with van der Waals surface area (Å²) in [4.78, 5) is 14.3. The van der Waals surface area contributed by atoms with Gasteiger partial charge in [-0.25, -0.2) is 0 Å². The minimum Gasteiger partial charge on any atom is 0 e. The number of rotatable bonds is 0. The van der Waals surface area contributed by atoms with Gasteiger partial charge in [-0.1, -0.05) is 0 Å². The summed E-state index contributed by atoms with van der Waals surface area (Å²) >= 11 is 0. The van der Waals surface area contributed by atoms with Crippen LogP contribution in [0.5, 0.6) is 0 Å². The van der Waals surface area contributed by atoms with Crippen LogP contribution in [0.4, 0.5) is 0 Å². The third kappa shape index (κ3) is 498. The predicted molar refractivity (Wildman–Crippen MR) is 33.9 cm³/mol. The zero-order valence-corrected chi connectivity index (χ0v) is 13.1. The fourth-order valence-electron chi connectivity index (χ4n) is 0. The molecule has 0 aliphatic rings. The van der Waals surface area contributed by atoms with E-state index in [0.29, 0.717) is 0 Å². The molecule has 0 aromatic heterocycles. The first-order valence-electron chi connectivity index (χ1n) is 0.651. The molecule has 66 valence electrons. The van der Waals surface area contributed by atoms with Crippen molar-refractivity contribution in [1.82, 2.24) is 0 Å². The van der Waals surface area contributed by atoms with Crippen LogP contribution in [0.15, 0.2) is 0 Å². The van der Waals surface area contributed by atoms with E-state index in [1.807, 2.05) is 0 Å². The predicted octanol–water partition coefficient (Wildman–Crippen LogP) is -5.83. The number of hydrogen-bond acceptors (Lipinski definition) is 1. The summed E-state index contributed by atoms with van der Waals surface area (Å²) < 4.78 is 8.74. The maximum atomic E-state index is 8.74. The van der Waals surface area contributed by atoms with Gasteiger partial charge in [0.2, 0.25) is 0 Å². The Bertz CT molecular complexity index is 36.6. The molecule has 0 heterocycles. The van der Waals surface area contributed by atoms with Crippen LogP contribution in [-0.2, 0) is 26.2 Å². The summed E-state index contributed by atoms with van der Waals surface area (Å²) in [5.74, 6) is 0. The second kappa shape index (κ2) is 49.8. The Morgan fingerprint density at radius 2 is 0.900 bits per heavy atom. The average molecular weight is 407 g/mol. The number of hydrogen-bond donors (Lipinski definition) is 2. The maximum Gasteiger partial charge on any atom is 0 e. The molecule has 10 heteroatoms. The van der Waals surface area contributed by atoms with Crippen LogP contribution >= 0.6 is 0 Å². The summed E-state index contributed by atoms with van der Waals surface area (Å²) in [5.41, 5.74) is 0. The molecule has 0 fully saturated rings. The van der Waals surface area contributed by atoms with E-state index in [-0.39, 0.29) is 70.9 Å². The van der Waals surface area contributed by atoms with Gasteiger partial charge in [0.05, 0.1) is 0 Å². The van der Waals surface area contributed by atoms with Crippen molar-refractivity contribution < 1.29 is 57.7 Å². The molecule has 0 rings (SSSR count). The molecule has 0 aromatic carbocycles. The van der Waals surface area contributed by atoms with E-state index in [2.05, 4.69) is 0 Å². The molecule has 0 aliphatic carbocycles. The van der Waals surface area contributed by atoms with Crippen molar-refractivity contribution in [1.29, 1.82) is 0 Å². The zero-order chi connectivity index (χ0) is 3.58. The van der Waals surface area contributed by atoms with E-state index in [9.17, 15) is 0 Å². The van der Waals surface area contributed by atoms with Gasteiger partial charge < -0.3 is 31.5 Å². The summed E-state index contributed by atoms with van der Waals surface area (Å²) in [6, 6.07) is 0. The van der Waals surface area contributed by atoms with Crippen LogP contribution in [-0.4, -0.2) is 68.0 Å². The summed E-state index contributed by atoms with van der Waals surface area (Å²) in [7, 11) is -3.13. The molecule has 0 bridgehead atoms. The van der Waals surface area contributed by atoms with Crippen LogP contribution in [0.2, 0.25) is 0 Å². The Kier molecular flexibility index (Phi) is 336. The van der Waals surface area contributed by atoms with Gasteiger partial charge in [0.1, 0.15) is 0 Å². The Labute approximate surface area is 93.6 Å². The molecule has 2 radical (unpaired) electrons. The van der Waals surface area contributed by atoms with Crippen molar-refractivity contribution in [3.8, 4) is 0 Å². The van der Waals surface area contributed by atoms with Crippen LogP contribution in [0.25, 0.3) is 0 Å². The van der Waals surface area contributed by atoms with Gasteiger partial charge in [0.25, 0.3) is 0 Å². The van der Waals surface area contributed by atoms with Crippen molar-refractivity contribution in [3.63, 3.8) is 0 Å². The van der Waals surface area contributed by atoms with Crippen LogP contribution in [0, 0.1) is 0 Å². The van der Waals surface area contributed by atoms with Crippen LogP contribution in [0.3, 0.4) is 0 Å². The first-order valence-corrected chi connectivity index (χ1v) is 1.95. The quantitative estimate of drug-likeness (QED) is 0.380. The van der Waals surface area contributed by atoms with Crippen LogP contribution < -0.4 is 0 Å². The molecule has 0 saturated carbocycles. The van der Waals surface area contributed by atoms with Crippen LogP contribution in [0.1, 0.15) is 0 Å². The fourth-order valence-corrected chi connectivity index (χ4v) is 0. The van der Waals surface area contributed by atoms with Gasteiger partial charge in [0.15, 0.2) is 0 Å². The average Bonchev–Trinajstić information content (AvgIpc) is 0.811. The first-order chi connectivity index (χ1) is 1.73. The summed E-state index contributed by atoms with van der Waals surface area (Å²) in [6.07, 6.45) is 0. The third-order valence-corrected chi connectivity index (χ3v) is 0. The molecule has 10 heavy (non-hydrogen) atoms. The fraction of sp³-hybridized carbons (Fsp3) is 0. The molecular formula is H12O7PbSiTi. The van der Waals surface area contributed by atoms with E-state index >= 15 is 0 Å². The van der Waals surface area contributed by atoms with E-state index < -0.39 is 9.17 Å². The summed E-state index contributed by atoms with van der Waals surface area (Å²) in [5, 5.41) is 0. The Hall–Kier alpha value is 1.09. The molecule has 0 spiro atoms. The normalized spacial score (nSPS) is 2.40. The van der Waals surface area contributed by atoms with Crippen molar-refractivity contribution >= 4 is 36.5 Å². The minimum atomic E-state index is -3.13. The molecule has 0 saturated heterocycles. The second-order valence-electron chi connectivity index (χ2n) is 0.283. The molecule has 0 unspecified atom stereocenters. The van der Waals surface area contributed by atoms with Gasteiger partial charge in [-0.05, 0) is 0 Å². The Morgan fingerprint density at radius 1 is 0.900 bits per heavy atom. The van der Waals surface area contributed by atoms with Gasteiger partial charge in [-0.15, -0.1) is 0 Å². The van der Waals surface area contributed by atoms with Gasteiger partial charge in [-0.3, -0.25) is 4.46 Å². The molecule has 7 nitrogen and oxygen atoms in total. The van der Waals surface area contributed by atoms with E-state index in [0.717, 1.165) is 0 Å². The van der Waals surface area contributed by atoms with Gasteiger partial charge in [0, 0.05) is 21.7 Å². The molecule has 10 N–H and O–H groups in total. The molecule has 0 atom stereocenters. The Balaban J connectivity index is -0.00000000300. The van der Waals surface area contributed by atoms with Crippen molar-refractivity contribution in [3.05, 3.63) is 0 Å². The topological polar surface area (TPSA) is 184 Å². The zero-order valence-electron chi connectivity index (χ0n) is 5.01. The SMILES string of the molecule is O.O.O.O.O=[Si](O)O.[PbH2].[Ti]. The maximum absolute atomic E-state index is 8.74.